The van der Waals surface area contributed by atoms with Gasteiger partial charge in [0.05, 0.1) is 27.3 Å². The summed E-state index contributed by atoms with van der Waals surface area (Å²) in [6, 6.07) is 11.3. The molecule has 2 aromatic carbocycles. The van der Waals surface area contributed by atoms with Crippen LogP contribution in [0.25, 0.3) is 0 Å². The molecule has 0 aliphatic carbocycles. The molecule has 2 aromatic rings. The van der Waals surface area contributed by atoms with E-state index in [-0.39, 0.29) is 21.0 Å². The van der Waals surface area contributed by atoms with Crippen molar-refractivity contribution in [1.29, 1.82) is 5.26 Å². The summed E-state index contributed by atoms with van der Waals surface area (Å²) in [6.45, 7) is 0. The Kier molecular flexibility index (Phi) is 4.07. The second-order valence-corrected chi connectivity index (χ2v) is 6.47. The van der Waals surface area contributed by atoms with E-state index in [0.717, 1.165) is 12.1 Å². The Morgan fingerprint density at radius 1 is 1.20 bits per heavy atom. The largest absolute Gasteiger partial charge is 0.223 e. The van der Waals surface area contributed by atoms with Crippen LogP contribution in [0.3, 0.4) is 0 Å². The predicted octanol–water partition coefficient (Wildman–Crippen LogP) is 3.32. The molecule has 0 aliphatic heterocycles. The summed E-state index contributed by atoms with van der Waals surface area (Å²) >= 11 is 5.86. The molecule has 0 bridgehead atoms. The third kappa shape index (κ3) is 2.98. The first-order valence-corrected chi connectivity index (χ1v) is 7.63. The van der Waals surface area contributed by atoms with Crippen molar-refractivity contribution in [3.8, 4) is 6.07 Å². The average molecular weight is 310 g/mol. The zero-order valence-corrected chi connectivity index (χ0v) is 11.7. The lowest BCUT2D eigenvalue weighted by atomic mass is 10.1. The summed E-state index contributed by atoms with van der Waals surface area (Å²) in [4.78, 5) is -0.0326. The molecule has 0 spiro atoms. The number of nitrogens with zero attached hydrogens (tertiary/aromatic N) is 1. The van der Waals surface area contributed by atoms with Gasteiger partial charge >= 0.3 is 0 Å². The van der Waals surface area contributed by atoms with E-state index in [1.54, 1.807) is 12.1 Å². The van der Waals surface area contributed by atoms with Gasteiger partial charge in [0.1, 0.15) is 5.82 Å². The van der Waals surface area contributed by atoms with Gasteiger partial charge in [0.15, 0.2) is 9.84 Å². The van der Waals surface area contributed by atoms with Crippen LogP contribution in [0, 0.1) is 17.1 Å². The number of hydrogen-bond acceptors (Lipinski definition) is 3. The highest BCUT2D eigenvalue weighted by Gasteiger charge is 2.20. The van der Waals surface area contributed by atoms with Crippen LogP contribution in [0.2, 0.25) is 5.02 Å². The van der Waals surface area contributed by atoms with Crippen molar-refractivity contribution < 1.29 is 12.8 Å². The molecule has 0 N–H and O–H groups in total. The zero-order valence-electron chi connectivity index (χ0n) is 10.2. The fourth-order valence-corrected chi connectivity index (χ4v) is 3.71. The molecule has 6 heteroatoms. The maximum Gasteiger partial charge on any atom is 0.184 e. The maximum absolute atomic E-state index is 13.2. The summed E-state index contributed by atoms with van der Waals surface area (Å²) in [5, 5.41) is 9.04. The van der Waals surface area contributed by atoms with E-state index in [1.165, 1.54) is 18.2 Å². The Labute approximate surface area is 121 Å². The third-order valence-corrected chi connectivity index (χ3v) is 4.86. The molecule has 0 radical (unpaired) electrons. The van der Waals surface area contributed by atoms with E-state index in [1.807, 2.05) is 6.07 Å². The Bertz CT molecular complexity index is 797. The predicted molar refractivity (Wildman–Crippen MR) is 73.5 cm³/mol. The van der Waals surface area contributed by atoms with Gasteiger partial charge in [-0.2, -0.15) is 5.26 Å². The van der Waals surface area contributed by atoms with Crippen LogP contribution in [0.1, 0.15) is 11.1 Å². The standard InChI is InChI=1S/C14H9ClFNO2S/c15-13-3-1-2-4-14(13)20(18,19)9-11-7-12(16)6-5-10(11)8-17/h1-7H,9H2. The fourth-order valence-electron chi connectivity index (χ4n) is 1.77. The van der Waals surface area contributed by atoms with Gasteiger partial charge in [-0.15, -0.1) is 0 Å². The van der Waals surface area contributed by atoms with Crippen LogP contribution >= 0.6 is 11.6 Å². The minimum absolute atomic E-state index is 0.0326. The number of rotatable bonds is 3. The Morgan fingerprint density at radius 2 is 1.90 bits per heavy atom. The molecule has 0 saturated carbocycles. The van der Waals surface area contributed by atoms with Crippen LogP contribution in [0.5, 0.6) is 0 Å². The lowest BCUT2D eigenvalue weighted by molar-refractivity contribution is 0.594. The van der Waals surface area contributed by atoms with E-state index < -0.39 is 21.4 Å². The molecule has 2 rings (SSSR count). The number of halogens is 2. The van der Waals surface area contributed by atoms with Crippen LogP contribution in [-0.2, 0) is 15.6 Å². The second kappa shape index (κ2) is 5.61. The monoisotopic (exact) mass is 309 g/mol. The molecule has 0 fully saturated rings. The summed E-state index contributed by atoms with van der Waals surface area (Å²) in [5.41, 5.74) is 0.245. The van der Waals surface area contributed by atoms with Crippen LogP contribution in [0.4, 0.5) is 4.39 Å². The van der Waals surface area contributed by atoms with Gasteiger partial charge in [-0.1, -0.05) is 23.7 Å². The van der Waals surface area contributed by atoms with Gasteiger partial charge in [-0.25, -0.2) is 12.8 Å². The maximum atomic E-state index is 13.2. The number of nitriles is 1. The Hall–Kier alpha value is -1.90. The Balaban J connectivity index is 2.47. The molecule has 102 valence electrons. The number of benzene rings is 2. The smallest absolute Gasteiger partial charge is 0.184 e. The summed E-state index contributed by atoms with van der Waals surface area (Å²) in [5.74, 6) is -1.06. The van der Waals surface area contributed by atoms with Crippen molar-refractivity contribution in [2.75, 3.05) is 0 Å². The van der Waals surface area contributed by atoms with Gasteiger partial charge in [0.2, 0.25) is 0 Å². The first-order chi connectivity index (χ1) is 9.44. The third-order valence-electron chi connectivity index (χ3n) is 2.70. The van der Waals surface area contributed by atoms with Crippen molar-refractivity contribution in [2.45, 2.75) is 10.6 Å². The van der Waals surface area contributed by atoms with Crippen molar-refractivity contribution >= 4 is 21.4 Å². The van der Waals surface area contributed by atoms with Crippen molar-refractivity contribution in [2.24, 2.45) is 0 Å². The lowest BCUT2D eigenvalue weighted by Gasteiger charge is -2.08. The normalized spacial score (nSPS) is 11.1. The fraction of sp³-hybridized carbons (Fsp3) is 0.0714. The van der Waals surface area contributed by atoms with Gasteiger partial charge in [-0.05, 0) is 35.9 Å². The molecule has 0 heterocycles. The minimum Gasteiger partial charge on any atom is -0.223 e. The molecule has 20 heavy (non-hydrogen) atoms. The van der Waals surface area contributed by atoms with Gasteiger partial charge in [0.25, 0.3) is 0 Å². The molecule has 3 nitrogen and oxygen atoms in total. The highest BCUT2D eigenvalue weighted by Crippen LogP contribution is 2.25. The SMILES string of the molecule is N#Cc1ccc(F)cc1CS(=O)(=O)c1ccccc1Cl. The van der Waals surface area contributed by atoms with E-state index >= 15 is 0 Å². The first kappa shape index (κ1) is 14.5. The average Bonchev–Trinajstić information content (AvgIpc) is 2.39. The van der Waals surface area contributed by atoms with Crippen molar-refractivity contribution in [3.63, 3.8) is 0 Å². The molecule has 0 aromatic heterocycles. The quantitative estimate of drug-likeness (QED) is 0.874. The molecule has 0 atom stereocenters. The summed E-state index contributed by atoms with van der Waals surface area (Å²) in [7, 11) is -3.74. The lowest BCUT2D eigenvalue weighted by Crippen LogP contribution is -2.07. The van der Waals surface area contributed by atoms with E-state index in [2.05, 4.69) is 0 Å². The zero-order chi connectivity index (χ0) is 14.8. The highest BCUT2D eigenvalue weighted by atomic mass is 35.5. The van der Waals surface area contributed by atoms with Crippen LogP contribution in [-0.4, -0.2) is 8.42 Å². The molecule has 0 saturated heterocycles. The summed E-state index contributed by atoms with van der Waals surface area (Å²) in [6.07, 6.45) is 0. The molecule has 0 aliphatic rings. The van der Waals surface area contributed by atoms with Crippen LogP contribution in [0.15, 0.2) is 47.4 Å². The molecular formula is C14H9ClFNO2S. The molecule has 0 amide bonds. The number of sulfone groups is 1. The first-order valence-electron chi connectivity index (χ1n) is 5.60. The Morgan fingerprint density at radius 3 is 2.55 bits per heavy atom. The second-order valence-electron chi connectivity index (χ2n) is 4.10. The topological polar surface area (TPSA) is 57.9 Å². The van der Waals surface area contributed by atoms with Crippen LogP contribution < -0.4 is 0 Å². The summed E-state index contributed by atoms with van der Waals surface area (Å²) < 4.78 is 37.8. The van der Waals surface area contributed by atoms with E-state index in [9.17, 15) is 12.8 Å². The van der Waals surface area contributed by atoms with Gasteiger partial charge < -0.3 is 0 Å². The minimum atomic E-state index is -3.74. The highest BCUT2D eigenvalue weighted by molar-refractivity contribution is 7.90. The van der Waals surface area contributed by atoms with E-state index in [0.29, 0.717) is 0 Å². The molecule has 0 unspecified atom stereocenters. The van der Waals surface area contributed by atoms with E-state index in [4.69, 9.17) is 16.9 Å². The van der Waals surface area contributed by atoms with Gasteiger partial charge in [-0.3, -0.25) is 0 Å². The molecular weight excluding hydrogens is 301 g/mol. The van der Waals surface area contributed by atoms with Crippen molar-refractivity contribution in [3.05, 3.63) is 64.4 Å². The van der Waals surface area contributed by atoms with Crippen molar-refractivity contribution in [1.82, 2.24) is 0 Å². The van der Waals surface area contributed by atoms with Gasteiger partial charge in [0, 0.05) is 0 Å². The number of hydrogen-bond donors (Lipinski definition) is 0.